The monoisotopic (exact) mass is 185 g/mol. The molecule has 0 saturated heterocycles. The topological polar surface area (TPSA) is 43.8 Å². The average molecular weight is 186 g/mol. The molecule has 0 aliphatic carbocycles. The molecule has 1 rings (SSSR count). The molecule has 4 heteroatoms. The van der Waals surface area contributed by atoms with Gasteiger partial charge in [-0.25, -0.2) is 0 Å². The summed E-state index contributed by atoms with van der Waals surface area (Å²) in [6, 6.07) is 0. The molecule has 1 aromatic heterocycles. The van der Waals surface area contributed by atoms with E-state index in [-0.39, 0.29) is 0 Å². The van der Waals surface area contributed by atoms with Crippen molar-refractivity contribution in [2.24, 2.45) is 12.8 Å². The smallest absolute Gasteiger partial charge is 0.134 e. The van der Waals surface area contributed by atoms with Gasteiger partial charge in [-0.3, -0.25) is 4.68 Å². The first-order valence-corrected chi connectivity index (χ1v) is 4.10. The fraction of sp³-hybridized carbons (Fsp3) is 0.375. The highest BCUT2D eigenvalue weighted by molar-refractivity contribution is 6.31. The van der Waals surface area contributed by atoms with Crippen molar-refractivity contribution in [3.05, 3.63) is 22.5 Å². The molecule has 0 atom stereocenters. The fourth-order valence-corrected chi connectivity index (χ4v) is 1.26. The van der Waals surface area contributed by atoms with Crippen molar-refractivity contribution in [3.8, 4) is 0 Å². The highest BCUT2D eigenvalue weighted by Crippen LogP contribution is 2.19. The number of rotatable bonds is 2. The number of aromatic nitrogens is 2. The van der Waals surface area contributed by atoms with E-state index in [9.17, 15) is 0 Å². The molecule has 0 aromatic carbocycles. The van der Waals surface area contributed by atoms with E-state index in [1.54, 1.807) is 4.68 Å². The predicted octanol–water partition coefficient (Wildman–Crippen LogP) is 1.35. The van der Waals surface area contributed by atoms with Crippen LogP contribution in [0.5, 0.6) is 0 Å². The lowest BCUT2D eigenvalue weighted by atomic mass is 10.2. The van der Waals surface area contributed by atoms with Crippen LogP contribution < -0.4 is 5.73 Å². The number of halogens is 1. The van der Waals surface area contributed by atoms with Crippen LogP contribution >= 0.6 is 11.6 Å². The van der Waals surface area contributed by atoms with Crippen molar-refractivity contribution in [1.82, 2.24) is 9.78 Å². The first-order chi connectivity index (χ1) is 5.66. The molecule has 66 valence electrons. The van der Waals surface area contributed by atoms with Gasteiger partial charge in [0, 0.05) is 19.2 Å². The summed E-state index contributed by atoms with van der Waals surface area (Å²) in [4.78, 5) is 0. The van der Waals surface area contributed by atoms with Crippen molar-refractivity contribution >= 4 is 17.7 Å². The minimum absolute atomic E-state index is 0.519. The zero-order valence-corrected chi connectivity index (χ0v) is 7.97. The van der Waals surface area contributed by atoms with Gasteiger partial charge in [0.25, 0.3) is 0 Å². The van der Waals surface area contributed by atoms with E-state index in [0.717, 1.165) is 11.3 Å². The van der Waals surface area contributed by atoms with Crippen molar-refractivity contribution in [3.63, 3.8) is 0 Å². The Morgan fingerprint density at radius 3 is 2.75 bits per heavy atom. The molecule has 0 aliphatic rings. The maximum Gasteiger partial charge on any atom is 0.134 e. The molecule has 0 unspecified atom stereocenters. The van der Waals surface area contributed by atoms with E-state index in [1.165, 1.54) is 0 Å². The lowest BCUT2D eigenvalue weighted by molar-refractivity contribution is 0.757. The van der Waals surface area contributed by atoms with Gasteiger partial charge >= 0.3 is 0 Å². The van der Waals surface area contributed by atoms with E-state index in [0.29, 0.717) is 11.7 Å². The first kappa shape index (κ1) is 9.29. The molecule has 0 spiro atoms. The van der Waals surface area contributed by atoms with Crippen molar-refractivity contribution in [1.29, 1.82) is 0 Å². The molecular formula is C8H12ClN3. The third-order valence-electron chi connectivity index (χ3n) is 1.62. The molecule has 12 heavy (non-hydrogen) atoms. The van der Waals surface area contributed by atoms with E-state index in [1.807, 2.05) is 26.1 Å². The summed E-state index contributed by atoms with van der Waals surface area (Å²) >= 11 is 5.96. The Kier molecular flexibility index (Phi) is 2.89. The number of nitrogens with zero attached hydrogens (tertiary/aromatic N) is 2. The Morgan fingerprint density at radius 2 is 2.33 bits per heavy atom. The molecule has 1 aromatic rings. The molecule has 0 amide bonds. The first-order valence-electron chi connectivity index (χ1n) is 3.72. The third kappa shape index (κ3) is 1.68. The van der Waals surface area contributed by atoms with Crippen LogP contribution in [0.3, 0.4) is 0 Å². The Hall–Kier alpha value is -0.800. The van der Waals surface area contributed by atoms with E-state index >= 15 is 0 Å². The highest BCUT2D eigenvalue weighted by Gasteiger charge is 2.06. The molecule has 0 radical (unpaired) electrons. The van der Waals surface area contributed by atoms with Crippen LogP contribution in [0.25, 0.3) is 6.08 Å². The minimum atomic E-state index is 0.519. The molecule has 1 heterocycles. The van der Waals surface area contributed by atoms with Gasteiger partial charge in [0.1, 0.15) is 5.15 Å². The SMILES string of the molecule is Cc1nn(C)c(Cl)c1C=CCN. The summed E-state index contributed by atoms with van der Waals surface area (Å²) in [6.45, 7) is 2.44. The van der Waals surface area contributed by atoms with Crippen LogP contribution in [0.1, 0.15) is 11.3 Å². The van der Waals surface area contributed by atoms with Gasteiger partial charge in [0.15, 0.2) is 0 Å². The maximum absolute atomic E-state index is 5.96. The third-order valence-corrected chi connectivity index (χ3v) is 2.06. The quantitative estimate of drug-likeness (QED) is 0.756. The Balaban J connectivity index is 3.05. The fourth-order valence-electron chi connectivity index (χ4n) is 1.02. The average Bonchev–Trinajstić information content (AvgIpc) is 2.25. The van der Waals surface area contributed by atoms with Gasteiger partial charge in [-0.15, -0.1) is 0 Å². The molecule has 0 saturated carbocycles. The summed E-state index contributed by atoms with van der Waals surface area (Å²) in [5, 5.41) is 4.81. The van der Waals surface area contributed by atoms with Gasteiger partial charge in [0.2, 0.25) is 0 Å². The Labute approximate surface area is 76.8 Å². The van der Waals surface area contributed by atoms with Crippen LogP contribution in [0.4, 0.5) is 0 Å². The second-order valence-electron chi connectivity index (χ2n) is 2.55. The molecule has 0 bridgehead atoms. The number of nitrogens with two attached hydrogens (primary N) is 1. The van der Waals surface area contributed by atoms with Crippen LogP contribution in [0, 0.1) is 6.92 Å². The lowest BCUT2D eigenvalue weighted by Crippen LogP contribution is -1.92. The van der Waals surface area contributed by atoms with E-state index in [4.69, 9.17) is 17.3 Å². The van der Waals surface area contributed by atoms with Crippen LogP contribution in [0.2, 0.25) is 5.15 Å². The van der Waals surface area contributed by atoms with E-state index in [2.05, 4.69) is 5.10 Å². The summed E-state index contributed by atoms with van der Waals surface area (Å²) < 4.78 is 1.65. The summed E-state index contributed by atoms with van der Waals surface area (Å²) in [6.07, 6.45) is 3.75. The number of hydrogen-bond donors (Lipinski definition) is 1. The zero-order valence-electron chi connectivity index (χ0n) is 7.21. The molecule has 0 aliphatic heterocycles. The molecular weight excluding hydrogens is 174 g/mol. The molecule has 2 N–H and O–H groups in total. The van der Waals surface area contributed by atoms with Crippen LogP contribution in [-0.4, -0.2) is 16.3 Å². The van der Waals surface area contributed by atoms with Gasteiger partial charge in [-0.1, -0.05) is 23.8 Å². The van der Waals surface area contributed by atoms with Gasteiger partial charge in [-0.05, 0) is 6.92 Å². The number of hydrogen-bond acceptors (Lipinski definition) is 2. The Bertz CT molecular complexity index is 301. The molecule has 0 fully saturated rings. The second kappa shape index (κ2) is 3.74. The van der Waals surface area contributed by atoms with E-state index < -0.39 is 0 Å². The highest BCUT2D eigenvalue weighted by atomic mass is 35.5. The minimum Gasteiger partial charge on any atom is -0.327 e. The summed E-state index contributed by atoms with van der Waals surface area (Å²) in [7, 11) is 1.81. The lowest BCUT2D eigenvalue weighted by Gasteiger charge is -1.90. The Morgan fingerprint density at radius 1 is 1.67 bits per heavy atom. The van der Waals surface area contributed by atoms with Crippen molar-refractivity contribution < 1.29 is 0 Å². The van der Waals surface area contributed by atoms with Crippen molar-refractivity contribution in [2.45, 2.75) is 6.92 Å². The maximum atomic E-state index is 5.96. The van der Waals surface area contributed by atoms with Gasteiger partial charge in [0.05, 0.1) is 5.69 Å². The predicted molar refractivity (Wildman–Crippen MR) is 51.0 cm³/mol. The standard InChI is InChI=1S/C8H12ClN3/c1-6-7(4-3-5-10)8(9)12(2)11-6/h3-4H,5,10H2,1-2H3. The largest absolute Gasteiger partial charge is 0.327 e. The summed E-state index contributed by atoms with van der Waals surface area (Å²) in [5.41, 5.74) is 7.20. The van der Waals surface area contributed by atoms with Crippen molar-refractivity contribution in [2.75, 3.05) is 6.54 Å². The van der Waals surface area contributed by atoms with Gasteiger partial charge < -0.3 is 5.73 Å². The zero-order chi connectivity index (χ0) is 9.14. The molecule has 3 nitrogen and oxygen atoms in total. The second-order valence-corrected chi connectivity index (χ2v) is 2.91. The summed E-state index contributed by atoms with van der Waals surface area (Å²) in [5.74, 6) is 0. The normalized spacial score (nSPS) is 11.3. The van der Waals surface area contributed by atoms with Crippen LogP contribution in [-0.2, 0) is 7.05 Å². The van der Waals surface area contributed by atoms with Gasteiger partial charge in [-0.2, -0.15) is 5.10 Å². The van der Waals surface area contributed by atoms with Crippen LogP contribution in [0.15, 0.2) is 6.08 Å². The number of aryl methyl sites for hydroxylation is 2.